The molecule has 5 nitrogen and oxygen atoms in total. The van der Waals surface area contributed by atoms with Crippen molar-refractivity contribution < 1.29 is 4.52 Å². The number of hydrogen-bond donors (Lipinski definition) is 1. The molecule has 0 radical (unpaired) electrons. The van der Waals surface area contributed by atoms with Gasteiger partial charge in [-0.05, 0) is 18.9 Å². The van der Waals surface area contributed by atoms with Gasteiger partial charge in [-0.2, -0.15) is 4.98 Å². The Morgan fingerprint density at radius 2 is 2.35 bits per heavy atom. The largest absolute Gasteiger partial charge is 0.332 e. The molecular weight excluding hydrogens is 236 g/mol. The van der Waals surface area contributed by atoms with Gasteiger partial charge in [0.25, 0.3) is 5.89 Å². The van der Waals surface area contributed by atoms with Gasteiger partial charge in [-0.3, -0.25) is 0 Å². The minimum Gasteiger partial charge on any atom is -0.332 e. The second-order valence-electron chi connectivity index (χ2n) is 4.44. The SMILES string of the molecule is CC1CC1c1noc(-c2csc(CCN)n2)n1. The highest BCUT2D eigenvalue weighted by Gasteiger charge is 2.38. The van der Waals surface area contributed by atoms with Crippen molar-refractivity contribution in [2.45, 2.75) is 25.7 Å². The first kappa shape index (κ1) is 10.9. The zero-order valence-electron chi connectivity index (χ0n) is 9.59. The number of rotatable bonds is 4. The lowest BCUT2D eigenvalue weighted by molar-refractivity contribution is 0.421. The molecule has 3 rings (SSSR count). The summed E-state index contributed by atoms with van der Waals surface area (Å²) in [4.78, 5) is 8.83. The molecular formula is C11H14N4OS. The van der Waals surface area contributed by atoms with E-state index in [1.54, 1.807) is 11.3 Å². The van der Waals surface area contributed by atoms with Crippen molar-refractivity contribution in [2.24, 2.45) is 11.7 Å². The van der Waals surface area contributed by atoms with Gasteiger partial charge in [-0.25, -0.2) is 4.98 Å². The summed E-state index contributed by atoms with van der Waals surface area (Å²) in [6.07, 6.45) is 1.96. The maximum absolute atomic E-state index is 5.49. The average Bonchev–Trinajstić information content (AvgIpc) is 2.77. The maximum atomic E-state index is 5.49. The molecule has 1 fully saturated rings. The van der Waals surface area contributed by atoms with Gasteiger partial charge in [-0.1, -0.05) is 12.1 Å². The van der Waals surface area contributed by atoms with Gasteiger partial charge in [0.15, 0.2) is 5.82 Å². The van der Waals surface area contributed by atoms with Crippen LogP contribution in [-0.2, 0) is 6.42 Å². The van der Waals surface area contributed by atoms with Crippen LogP contribution in [0.1, 0.15) is 30.1 Å². The van der Waals surface area contributed by atoms with Crippen LogP contribution in [0.25, 0.3) is 11.6 Å². The van der Waals surface area contributed by atoms with Crippen LogP contribution < -0.4 is 5.73 Å². The van der Waals surface area contributed by atoms with Gasteiger partial charge in [0.2, 0.25) is 0 Å². The van der Waals surface area contributed by atoms with E-state index in [-0.39, 0.29) is 0 Å². The van der Waals surface area contributed by atoms with Crippen molar-refractivity contribution >= 4 is 11.3 Å². The molecule has 2 unspecified atom stereocenters. The number of nitrogens with zero attached hydrogens (tertiary/aromatic N) is 3. The molecule has 0 saturated heterocycles. The fourth-order valence-corrected chi connectivity index (χ4v) is 2.61. The van der Waals surface area contributed by atoms with E-state index in [2.05, 4.69) is 22.0 Å². The third-order valence-electron chi connectivity index (χ3n) is 3.01. The molecule has 2 atom stereocenters. The van der Waals surface area contributed by atoms with E-state index < -0.39 is 0 Å². The lowest BCUT2D eigenvalue weighted by atomic mass is 10.3. The predicted octanol–water partition coefficient (Wildman–Crippen LogP) is 1.82. The van der Waals surface area contributed by atoms with Gasteiger partial charge >= 0.3 is 0 Å². The molecule has 0 aromatic carbocycles. The zero-order valence-corrected chi connectivity index (χ0v) is 10.4. The molecule has 17 heavy (non-hydrogen) atoms. The van der Waals surface area contributed by atoms with Crippen molar-refractivity contribution in [3.63, 3.8) is 0 Å². The van der Waals surface area contributed by atoms with Crippen molar-refractivity contribution in [3.05, 3.63) is 16.2 Å². The van der Waals surface area contributed by atoms with Crippen LogP contribution in [0.15, 0.2) is 9.90 Å². The minimum atomic E-state index is 0.481. The van der Waals surface area contributed by atoms with Crippen molar-refractivity contribution in [3.8, 4) is 11.6 Å². The summed E-state index contributed by atoms with van der Waals surface area (Å²) in [6.45, 7) is 2.81. The lowest BCUT2D eigenvalue weighted by Crippen LogP contribution is -2.01. The Balaban J connectivity index is 1.80. The topological polar surface area (TPSA) is 77.8 Å². The predicted molar refractivity (Wildman–Crippen MR) is 64.7 cm³/mol. The first-order valence-electron chi connectivity index (χ1n) is 5.76. The summed E-state index contributed by atoms with van der Waals surface area (Å²) in [6, 6.07) is 0. The van der Waals surface area contributed by atoms with Crippen molar-refractivity contribution in [1.82, 2.24) is 15.1 Å². The van der Waals surface area contributed by atoms with E-state index in [9.17, 15) is 0 Å². The van der Waals surface area contributed by atoms with E-state index >= 15 is 0 Å². The molecule has 2 aromatic rings. The summed E-state index contributed by atoms with van der Waals surface area (Å²) in [7, 11) is 0. The molecule has 2 aromatic heterocycles. The highest BCUT2D eigenvalue weighted by atomic mass is 32.1. The summed E-state index contributed by atoms with van der Waals surface area (Å²) in [5, 5.41) is 6.97. The summed E-state index contributed by atoms with van der Waals surface area (Å²) in [5.41, 5.74) is 6.26. The summed E-state index contributed by atoms with van der Waals surface area (Å²) in [5.74, 6) is 2.51. The second kappa shape index (κ2) is 4.19. The van der Waals surface area contributed by atoms with Gasteiger partial charge in [0.1, 0.15) is 5.69 Å². The number of nitrogens with two attached hydrogens (primary N) is 1. The van der Waals surface area contributed by atoms with E-state index in [1.807, 2.05) is 5.38 Å². The van der Waals surface area contributed by atoms with Crippen LogP contribution >= 0.6 is 11.3 Å². The molecule has 1 aliphatic carbocycles. The van der Waals surface area contributed by atoms with E-state index in [4.69, 9.17) is 10.3 Å². The first-order chi connectivity index (χ1) is 8.28. The van der Waals surface area contributed by atoms with Crippen LogP contribution in [0.4, 0.5) is 0 Å². The maximum Gasteiger partial charge on any atom is 0.277 e. The molecule has 0 amide bonds. The molecule has 0 aliphatic heterocycles. The van der Waals surface area contributed by atoms with Gasteiger partial charge < -0.3 is 10.3 Å². The Bertz CT molecular complexity index is 521. The van der Waals surface area contributed by atoms with Crippen molar-refractivity contribution in [1.29, 1.82) is 0 Å². The summed E-state index contributed by atoms with van der Waals surface area (Å²) < 4.78 is 5.24. The standard InChI is InChI=1S/C11H14N4OS/c1-6-4-7(6)10-14-11(16-15-10)8-5-17-9(13-8)2-3-12/h5-7H,2-4,12H2,1H3. The zero-order chi connectivity index (χ0) is 11.8. The Morgan fingerprint density at radius 3 is 3.06 bits per heavy atom. The van der Waals surface area contributed by atoms with E-state index in [0.717, 1.165) is 29.4 Å². The Kier molecular flexibility index (Phi) is 2.68. The fraction of sp³-hybridized carbons (Fsp3) is 0.545. The number of thiazole rings is 1. The van der Waals surface area contributed by atoms with E-state index in [1.165, 1.54) is 0 Å². The molecule has 2 N–H and O–H groups in total. The molecule has 2 heterocycles. The first-order valence-corrected chi connectivity index (χ1v) is 6.64. The Labute approximate surface area is 103 Å². The average molecular weight is 250 g/mol. The Morgan fingerprint density at radius 1 is 1.53 bits per heavy atom. The van der Waals surface area contributed by atoms with Crippen LogP contribution in [0, 0.1) is 5.92 Å². The van der Waals surface area contributed by atoms with Gasteiger partial charge in [0.05, 0.1) is 5.01 Å². The van der Waals surface area contributed by atoms with Crippen LogP contribution in [0.5, 0.6) is 0 Å². The minimum absolute atomic E-state index is 0.481. The quantitative estimate of drug-likeness (QED) is 0.895. The summed E-state index contributed by atoms with van der Waals surface area (Å²) >= 11 is 1.58. The second-order valence-corrected chi connectivity index (χ2v) is 5.39. The molecule has 1 saturated carbocycles. The highest BCUT2D eigenvalue weighted by Crippen LogP contribution is 2.45. The van der Waals surface area contributed by atoms with Gasteiger partial charge in [0, 0.05) is 17.7 Å². The molecule has 1 aliphatic rings. The van der Waals surface area contributed by atoms with Crippen LogP contribution in [-0.4, -0.2) is 21.7 Å². The monoisotopic (exact) mass is 250 g/mol. The third kappa shape index (κ3) is 2.10. The van der Waals surface area contributed by atoms with E-state index in [0.29, 0.717) is 24.3 Å². The normalized spacial score (nSPS) is 22.9. The number of hydrogen-bond acceptors (Lipinski definition) is 6. The third-order valence-corrected chi connectivity index (χ3v) is 3.92. The molecule has 6 heteroatoms. The molecule has 0 spiro atoms. The fourth-order valence-electron chi connectivity index (χ4n) is 1.82. The molecule has 90 valence electrons. The van der Waals surface area contributed by atoms with Crippen LogP contribution in [0.2, 0.25) is 0 Å². The lowest BCUT2D eigenvalue weighted by Gasteiger charge is -1.87. The van der Waals surface area contributed by atoms with Crippen LogP contribution in [0.3, 0.4) is 0 Å². The smallest absolute Gasteiger partial charge is 0.277 e. The molecule has 0 bridgehead atoms. The van der Waals surface area contributed by atoms with Crippen molar-refractivity contribution in [2.75, 3.05) is 6.54 Å². The Hall–Kier alpha value is -1.27. The number of aromatic nitrogens is 3. The highest BCUT2D eigenvalue weighted by molar-refractivity contribution is 7.09. The van der Waals surface area contributed by atoms with Gasteiger partial charge in [-0.15, -0.1) is 11.3 Å².